The average Bonchev–Trinajstić information content (AvgIpc) is 2.92. The van der Waals surface area contributed by atoms with Crippen molar-refractivity contribution in [3.05, 3.63) is 20.8 Å². The number of nitrogens with zero attached hydrogens (tertiary/aromatic N) is 3. The van der Waals surface area contributed by atoms with Gasteiger partial charge in [-0.1, -0.05) is 0 Å². The van der Waals surface area contributed by atoms with Gasteiger partial charge in [-0.05, 0) is 28.9 Å². The predicted octanol–water partition coefficient (Wildman–Crippen LogP) is 3.15. The van der Waals surface area contributed by atoms with Crippen molar-refractivity contribution >= 4 is 33.2 Å². The van der Waals surface area contributed by atoms with E-state index in [2.05, 4.69) is 26.2 Å². The van der Waals surface area contributed by atoms with Crippen LogP contribution in [0.25, 0.3) is 0 Å². The van der Waals surface area contributed by atoms with E-state index < -0.39 is 12.2 Å². The first-order valence-electron chi connectivity index (χ1n) is 7.30. The van der Waals surface area contributed by atoms with Crippen LogP contribution >= 0.6 is 27.3 Å². The van der Waals surface area contributed by atoms with Crippen molar-refractivity contribution in [3.63, 3.8) is 0 Å². The topological polar surface area (TPSA) is 30.9 Å². The van der Waals surface area contributed by atoms with Crippen LogP contribution in [0.4, 0.5) is 13.2 Å². The number of thiophene rings is 1. The SMILES string of the molecule is CN=C(NCc1cc(Br)cs1)N1CCN(C(C)C(F)(F)F)CC1. The Balaban J connectivity index is 1.85. The third-order valence-corrected chi connectivity index (χ3v) is 5.59. The second-order valence-corrected chi connectivity index (χ2v) is 7.28. The van der Waals surface area contributed by atoms with E-state index in [1.807, 2.05) is 16.3 Å². The van der Waals surface area contributed by atoms with E-state index in [-0.39, 0.29) is 0 Å². The van der Waals surface area contributed by atoms with Crippen LogP contribution in [0, 0.1) is 0 Å². The van der Waals surface area contributed by atoms with Gasteiger partial charge in [0, 0.05) is 48.0 Å². The zero-order valence-electron chi connectivity index (χ0n) is 13.0. The lowest BCUT2D eigenvalue weighted by Crippen LogP contribution is -2.56. The van der Waals surface area contributed by atoms with Crippen molar-refractivity contribution in [1.82, 2.24) is 15.1 Å². The summed E-state index contributed by atoms with van der Waals surface area (Å²) in [5.74, 6) is 0.730. The number of nitrogens with one attached hydrogen (secondary N) is 1. The van der Waals surface area contributed by atoms with Gasteiger partial charge in [0.1, 0.15) is 6.04 Å². The van der Waals surface area contributed by atoms with E-state index in [4.69, 9.17) is 0 Å². The largest absolute Gasteiger partial charge is 0.403 e. The summed E-state index contributed by atoms with van der Waals surface area (Å²) >= 11 is 5.05. The van der Waals surface area contributed by atoms with Gasteiger partial charge in [-0.25, -0.2) is 0 Å². The van der Waals surface area contributed by atoms with Crippen molar-refractivity contribution in [2.45, 2.75) is 25.7 Å². The smallest absolute Gasteiger partial charge is 0.351 e. The van der Waals surface area contributed by atoms with E-state index in [1.54, 1.807) is 18.4 Å². The van der Waals surface area contributed by atoms with E-state index in [0.717, 1.165) is 10.4 Å². The third kappa shape index (κ3) is 5.09. The minimum absolute atomic E-state index is 0.381. The molecule has 1 aliphatic heterocycles. The Kier molecular flexibility index (Phi) is 6.33. The molecule has 0 saturated carbocycles. The van der Waals surface area contributed by atoms with Crippen molar-refractivity contribution in [1.29, 1.82) is 0 Å². The highest BCUT2D eigenvalue weighted by Gasteiger charge is 2.41. The molecule has 4 nitrogen and oxygen atoms in total. The molecule has 1 aromatic heterocycles. The summed E-state index contributed by atoms with van der Waals surface area (Å²) in [7, 11) is 1.69. The van der Waals surface area contributed by atoms with Gasteiger partial charge in [-0.3, -0.25) is 9.89 Å². The van der Waals surface area contributed by atoms with Gasteiger partial charge in [0.2, 0.25) is 0 Å². The van der Waals surface area contributed by atoms with Crippen LogP contribution < -0.4 is 5.32 Å². The van der Waals surface area contributed by atoms with E-state index >= 15 is 0 Å². The van der Waals surface area contributed by atoms with Crippen LogP contribution in [0.2, 0.25) is 0 Å². The van der Waals surface area contributed by atoms with Crippen LogP contribution in [0.5, 0.6) is 0 Å². The molecule has 1 aliphatic rings. The second kappa shape index (κ2) is 7.85. The fourth-order valence-electron chi connectivity index (χ4n) is 2.47. The number of halogens is 4. The number of alkyl halides is 3. The molecular weight excluding hydrogens is 393 g/mol. The molecule has 0 bridgehead atoms. The van der Waals surface area contributed by atoms with Crippen LogP contribution in [-0.2, 0) is 6.54 Å². The highest BCUT2D eigenvalue weighted by Crippen LogP contribution is 2.25. The molecule has 2 heterocycles. The van der Waals surface area contributed by atoms with Gasteiger partial charge in [0.15, 0.2) is 5.96 Å². The van der Waals surface area contributed by atoms with E-state index in [9.17, 15) is 13.2 Å². The zero-order valence-corrected chi connectivity index (χ0v) is 15.4. The fourth-order valence-corrected chi connectivity index (χ4v) is 3.86. The molecule has 130 valence electrons. The molecule has 1 atom stereocenters. The minimum Gasteiger partial charge on any atom is -0.351 e. The van der Waals surface area contributed by atoms with Gasteiger partial charge in [0.25, 0.3) is 0 Å². The predicted molar refractivity (Wildman–Crippen MR) is 90.9 cm³/mol. The number of hydrogen-bond donors (Lipinski definition) is 1. The van der Waals surface area contributed by atoms with E-state index in [0.29, 0.717) is 32.7 Å². The molecule has 0 aromatic carbocycles. The number of aliphatic imine (C=N–C) groups is 1. The van der Waals surface area contributed by atoms with Crippen LogP contribution in [0.3, 0.4) is 0 Å². The lowest BCUT2D eigenvalue weighted by molar-refractivity contribution is -0.181. The lowest BCUT2D eigenvalue weighted by atomic mass is 10.2. The molecule has 1 N–H and O–H groups in total. The van der Waals surface area contributed by atoms with Crippen molar-refractivity contribution < 1.29 is 13.2 Å². The van der Waals surface area contributed by atoms with Crippen molar-refractivity contribution in [3.8, 4) is 0 Å². The minimum atomic E-state index is -4.17. The van der Waals surface area contributed by atoms with Gasteiger partial charge in [-0.15, -0.1) is 11.3 Å². The monoisotopic (exact) mass is 412 g/mol. The summed E-state index contributed by atoms with van der Waals surface area (Å²) < 4.78 is 39.4. The first-order chi connectivity index (χ1) is 10.8. The second-order valence-electron chi connectivity index (χ2n) is 5.37. The molecule has 0 amide bonds. The molecule has 1 fully saturated rings. The summed E-state index contributed by atoms with van der Waals surface area (Å²) in [5, 5.41) is 5.28. The summed E-state index contributed by atoms with van der Waals surface area (Å²) in [5.41, 5.74) is 0. The van der Waals surface area contributed by atoms with Gasteiger partial charge >= 0.3 is 6.18 Å². The molecule has 9 heteroatoms. The zero-order chi connectivity index (χ0) is 17.0. The molecule has 2 rings (SSSR count). The number of guanidine groups is 1. The van der Waals surface area contributed by atoms with Crippen LogP contribution in [0.15, 0.2) is 20.9 Å². The maximum absolute atomic E-state index is 12.8. The average molecular weight is 413 g/mol. The maximum Gasteiger partial charge on any atom is 0.403 e. The molecule has 1 unspecified atom stereocenters. The first kappa shape index (κ1) is 18.5. The Labute approximate surface area is 146 Å². The van der Waals surface area contributed by atoms with Crippen LogP contribution in [0.1, 0.15) is 11.8 Å². The van der Waals surface area contributed by atoms with Gasteiger partial charge < -0.3 is 10.2 Å². The standard InChI is InChI=1S/C14H20BrF3N4S/c1-10(14(16,17)18)21-3-5-22(6-4-21)13(19-2)20-8-12-7-11(15)9-23-12/h7,9-10H,3-6,8H2,1-2H3,(H,19,20). The molecule has 0 spiro atoms. The molecule has 0 radical (unpaired) electrons. The number of rotatable bonds is 3. The Morgan fingerprint density at radius 1 is 1.39 bits per heavy atom. The number of piperazine rings is 1. The molecule has 23 heavy (non-hydrogen) atoms. The first-order valence-corrected chi connectivity index (χ1v) is 8.98. The number of hydrogen-bond acceptors (Lipinski definition) is 3. The molecular formula is C14H20BrF3N4S. The highest BCUT2D eigenvalue weighted by atomic mass is 79.9. The molecule has 0 aliphatic carbocycles. The third-order valence-electron chi connectivity index (χ3n) is 3.89. The Morgan fingerprint density at radius 2 is 2.04 bits per heavy atom. The maximum atomic E-state index is 12.8. The Bertz CT molecular complexity index is 538. The Morgan fingerprint density at radius 3 is 2.52 bits per heavy atom. The fraction of sp³-hybridized carbons (Fsp3) is 0.643. The van der Waals surface area contributed by atoms with Crippen LogP contribution in [-0.4, -0.2) is 61.2 Å². The Hall–Kier alpha value is -0.800. The molecule has 1 saturated heterocycles. The van der Waals surface area contributed by atoms with Gasteiger partial charge in [-0.2, -0.15) is 13.2 Å². The highest BCUT2D eigenvalue weighted by molar-refractivity contribution is 9.10. The summed E-state index contributed by atoms with van der Waals surface area (Å²) in [6.45, 7) is 3.71. The quantitative estimate of drug-likeness (QED) is 0.610. The van der Waals surface area contributed by atoms with Gasteiger partial charge in [0.05, 0.1) is 6.54 Å². The van der Waals surface area contributed by atoms with Crippen molar-refractivity contribution in [2.75, 3.05) is 33.2 Å². The summed E-state index contributed by atoms with van der Waals surface area (Å²) in [6, 6.07) is 0.636. The summed E-state index contributed by atoms with van der Waals surface area (Å²) in [4.78, 5) is 8.88. The van der Waals surface area contributed by atoms with Crippen molar-refractivity contribution in [2.24, 2.45) is 4.99 Å². The molecule has 1 aromatic rings. The normalized spacial score (nSPS) is 19.0. The lowest BCUT2D eigenvalue weighted by Gasteiger charge is -2.39. The van der Waals surface area contributed by atoms with E-state index in [1.165, 1.54) is 16.7 Å². The summed E-state index contributed by atoms with van der Waals surface area (Å²) in [6.07, 6.45) is -4.17.